The third-order valence-electron chi connectivity index (χ3n) is 3.10. The van der Waals surface area contributed by atoms with Crippen molar-refractivity contribution in [2.75, 3.05) is 0 Å². The molecule has 1 unspecified atom stereocenters. The number of allylic oxidation sites excluding steroid dienone is 2. The number of rotatable bonds is 6. The molecule has 2 atom stereocenters. The first-order valence-corrected chi connectivity index (χ1v) is 9.94. The molecule has 0 fully saturated rings. The number of hydrogen-bond acceptors (Lipinski definition) is 0. The highest BCUT2D eigenvalue weighted by molar-refractivity contribution is 6.78. The van der Waals surface area contributed by atoms with Gasteiger partial charge in [0, 0.05) is 5.54 Å². The molecule has 0 saturated carbocycles. The van der Waals surface area contributed by atoms with Gasteiger partial charge in [-0.25, -0.2) is 0 Å². The molecule has 1 heteroatoms. The standard InChI is InChI=1S/C15H28Si/c1-8-15(16(5,6)7)12-14(4)11-9-10-13(2)3/h1,10,14-15H,9,11-12H2,2-7H3/t14-,15?/m0/s1. The van der Waals surface area contributed by atoms with E-state index in [1.165, 1.54) is 24.8 Å². The molecule has 0 aliphatic heterocycles. The molecular formula is C15H28Si. The highest BCUT2D eigenvalue weighted by Crippen LogP contribution is 2.29. The second-order valence-electron chi connectivity index (χ2n) is 6.28. The van der Waals surface area contributed by atoms with Crippen molar-refractivity contribution < 1.29 is 0 Å². The van der Waals surface area contributed by atoms with Crippen molar-refractivity contribution in [2.45, 2.75) is 65.2 Å². The van der Waals surface area contributed by atoms with Crippen molar-refractivity contribution in [1.29, 1.82) is 0 Å². The van der Waals surface area contributed by atoms with Crippen LogP contribution in [0.5, 0.6) is 0 Å². The van der Waals surface area contributed by atoms with Crippen molar-refractivity contribution in [1.82, 2.24) is 0 Å². The fourth-order valence-electron chi connectivity index (χ4n) is 1.85. The van der Waals surface area contributed by atoms with Crippen LogP contribution in [0.15, 0.2) is 11.6 Å². The summed E-state index contributed by atoms with van der Waals surface area (Å²) >= 11 is 0. The molecule has 16 heavy (non-hydrogen) atoms. The van der Waals surface area contributed by atoms with Gasteiger partial charge in [-0.05, 0) is 39.0 Å². The van der Waals surface area contributed by atoms with Crippen LogP contribution in [0.25, 0.3) is 0 Å². The first-order valence-electron chi connectivity index (χ1n) is 6.37. The van der Waals surface area contributed by atoms with E-state index in [1.54, 1.807) is 0 Å². The van der Waals surface area contributed by atoms with Crippen molar-refractivity contribution >= 4 is 8.07 Å². The molecule has 0 rings (SSSR count). The zero-order valence-electron chi connectivity index (χ0n) is 11.9. The molecule has 0 aliphatic carbocycles. The van der Waals surface area contributed by atoms with Gasteiger partial charge in [-0.1, -0.05) is 38.2 Å². The molecule has 92 valence electrons. The van der Waals surface area contributed by atoms with E-state index in [-0.39, 0.29) is 0 Å². The zero-order valence-corrected chi connectivity index (χ0v) is 12.9. The maximum atomic E-state index is 5.66. The molecule has 0 aliphatic rings. The summed E-state index contributed by atoms with van der Waals surface area (Å²) in [4.78, 5) is 0. The van der Waals surface area contributed by atoms with Crippen molar-refractivity contribution in [2.24, 2.45) is 5.92 Å². The summed E-state index contributed by atoms with van der Waals surface area (Å²) in [7, 11) is -1.16. The zero-order chi connectivity index (χ0) is 12.8. The van der Waals surface area contributed by atoms with Gasteiger partial charge in [-0.15, -0.1) is 12.3 Å². The summed E-state index contributed by atoms with van der Waals surface area (Å²) in [6.07, 6.45) is 11.7. The Balaban J connectivity index is 4.09. The van der Waals surface area contributed by atoms with Gasteiger partial charge in [0.1, 0.15) is 0 Å². The second kappa shape index (κ2) is 6.96. The minimum absolute atomic E-state index is 0.536. The molecule has 0 radical (unpaired) electrons. The van der Waals surface area contributed by atoms with E-state index in [9.17, 15) is 0 Å². The highest BCUT2D eigenvalue weighted by atomic mass is 28.3. The van der Waals surface area contributed by atoms with Crippen LogP contribution >= 0.6 is 0 Å². The molecule has 0 N–H and O–H groups in total. The quantitative estimate of drug-likeness (QED) is 0.342. The fraction of sp³-hybridized carbons (Fsp3) is 0.733. The topological polar surface area (TPSA) is 0 Å². The Morgan fingerprint density at radius 1 is 1.31 bits per heavy atom. The lowest BCUT2D eigenvalue weighted by atomic mass is 9.99. The molecule has 0 aromatic heterocycles. The summed E-state index contributed by atoms with van der Waals surface area (Å²) in [5, 5.41) is 0. The third-order valence-corrected chi connectivity index (χ3v) is 5.59. The monoisotopic (exact) mass is 236 g/mol. The van der Waals surface area contributed by atoms with Gasteiger partial charge in [0.2, 0.25) is 0 Å². The van der Waals surface area contributed by atoms with Crippen LogP contribution in [0.4, 0.5) is 0 Å². The molecule has 0 spiro atoms. The van der Waals surface area contributed by atoms with E-state index in [4.69, 9.17) is 6.42 Å². The summed E-state index contributed by atoms with van der Waals surface area (Å²) in [6.45, 7) is 13.8. The first kappa shape index (κ1) is 15.5. The molecule has 0 saturated heterocycles. The van der Waals surface area contributed by atoms with Gasteiger partial charge in [-0.2, -0.15) is 0 Å². The second-order valence-corrected chi connectivity index (χ2v) is 11.7. The average Bonchev–Trinajstić information content (AvgIpc) is 2.11. The summed E-state index contributed by atoms with van der Waals surface area (Å²) < 4.78 is 0. The average molecular weight is 236 g/mol. The van der Waals surface area contributed by atoms with Gasteiger partial charge in [0.15, 0.2) is 0 Å². The van der Waals surface area contributed by atoms with Gasteiger partial charge in [0.05, 0.1) is 8.07 Å². The van der Waals surface area contributed by atoms with Gasteiger partial charge in [-0.3, -0.25) is 0 Å². The van der Waals surface area contributed by atoms with Gasteiger partial charge in [0.25, 0.3) is 0 Å². The molecule has 0 heterocycles. The Bertz CT molecular complexity index is 258. The lowest BCUT2D eigenvalue weighted by Gasteiger charge is -2.26. The predicted octanol–water partition coefficient (Wildman–Crippen LogP) is 5.10. The summed E-state index contributed by atoms with van der Waals surface area (Å²) in [5.74, 6) is 3.77. The van der Waals surface area contributed by atoms with E-state index >= 15 is 0 Å². The normalized spacial score (nSPS) is 15.1. The van der Waals surface area contributed by atoms with E-state index in [2.05, 4.69) is 52.4 Å². The van der Waals surface area contributed by atoms with Crippen LogP contribution in [0.2, 0.25) is 25.2 Å². The molecule has 0 amide bonds. The van der Waals surface area contributed by atoms with E-state index in [0.717, 1.165) is 5.92 Å². The van der Waals surface area contributed by atoms with Crippen LogP contribution in [0, 0.1) is 18.3 Å². The number of terminal acetylenes is 1. The van der Waals surface area contributed by atoms with Crippen LogP contribution in [-0.2, 0) is 0 Å². The maximum absolute atomic E-state index is 5.66. The first-order chi connectivity index (χ1) is 7.27. The van der Waals surface area contributed by atoms with Crippen LogP contribution in [0.1, 0.15) is 40.0 Å². The largest absolute Gasteiger partial charge is 0.120 e. The predicted molar refractivity (Wildman–Crippen MR) is 78.4 cm³/mol. The molecular weight excluding hydrogens is 208 g/mol. The SMILES string of the molecule is C#CC(C[C@@H](C)CCC=C(C)C)[Si](C)(C)C. The Hall–Kier alpha value is -0.483. The van der Waals surface area contributed by atoms with E-state index in [0.29, 0.717) is 5.54 Å². The molecule has 0 nitrogen and oxygen atoms in total. The van der Waals surface area contributed by atoms with Gasteiger partial charge < -0.3 is 0 Å². The summed E-state index contributed by atoms with van der Waals surface area (Å²) in [5.41, 5.74) is 1.96. The Labute approximate surface area is 104 Å². The fourth-order valence-corrected chi connectivity index (χ4v) is 3.46. The minimum atomic E-state index is -1.16. The van der Waals surface area contributed by atoms with Crippen LogP contribution in [-0.4, -0.2) is 8.07 Å². The molecule has 0 bridgehead atoms. The van der Waals surface area contributed by atoms with Crippen LogP contribution in [0.3, 0.4) is 0 Å². The highest BCUT2D eigenvalue weighted by Gasteiger charge is 2.25. The molecule has 0 aromatic rings. The van der Waals surface area contributed by atoms with Crippen LogP contribution < -0.4 is 0 Å². The van der Waals surface area contributed by atoms with E-state index in [1.807, 2.05) is 0 Å². The summed E-state index contributed by atoms with van der Waals surface area (Å²) in [6, 6.07) is 0. The minimum Gasteiger partial charge on any atom is -0.120 e. The number of hydrogen-bond donors (Lipinski definition) is 0. The van der Waals surface area contributed by atoms with E-state index < -0.39 is 8.07 Å². The van der Waals surface area contributed by atoms with Crippen molar-refractivity contribution in [3.63, 3.8) is 0 Å². The Morgan fingerprint density at radius 3 is 2.25 bits per heavy atom. The third kappa shape index (κ3) is 6.90. The van der Waals surface area contributed by atoms with Crippen molar-refractivity contribution in [3.05, 3.63) is 11.6 Å². The Morgan fingerprint density at radius 2 is 1.88 bits per heavy atom. The molecule has 0 aromatic carbocycles. The lowest BCUT2D eigenvalue weighted by Crippen LogP contribution is -2.28. The maximum Gasteiger partial charge on any atom is 0.0612 e. The smallest absolute Gasteiger partial charge is 0.0612 e. The van der Waals surface area contributed by atoms with Gasteiger partial charge >= 0.3 is 0 Å². The lowest BCUT2D eigenvalue weighted by molar-refractivity contribution is 0.500. The van der Waals surface area contributed by atoms with Crippen molar-refractivity contribution in [3.8, 4) is 12.3 Å². The Kier molecular flexibility index (Phi) is 6.75.